The van der Waals surface area contributed by atoms with Crippen molar-refractivity contribution in [1.29, 1.82) is 0 Å². The first kappa shape index (κ1) is 13.5. The summed E-state index contributed by atoms with van der Waals surface area (Å²) in [5.41, 5.74) is 0.829. The van der Waals surface area contributed by atoms with Crippen molar-refractivity contribution in [2.24, 2.45) is 0 Å². The van der Waals surface area contributed by atoms with Crippen LogP contribution in [0, 0.1) is 0 Å². The zero-order valence-corrected chi connectivity index (χ0v) is 11.2. The molecule has 0 saturated heterocycles. The Kier molecular flexibility index (Phi) is 5.25. The van der Waals surface area contributed by atoms with Crippen LogP contribution < -0.4 is 5.32 Å². The maximum Gasteiger partial charge on any atom is 0.224 e. The van der Waals surface area contributed by atoms with E-state index in [1.807, 2.05) is 0 Å². The van der Waals surface area contributed by atoms with Crippen LogP contribution in [0.1, 0.15) is 12.5 Å². The van der Waals surface area contributed by atoms with Gasteiger partial charge in [-0.1, -0.05) is 27.5 Å². The molecule has 0 aliphatic carbocycles. The molecule has 0 spiro atoms. The predicted octanol–water partition coefficient (Wildman–Crippen LogP) is 2.14. The van der Waals surface area contributed by atoms with Crippen molar-refractivity contribution in [3.05, 3.63) is 33.3 Å². The minimum atomic E-state index is -0.231. The zero-order valence-electron chi connectivity index (χ0n) is 8.84. The van der Waals surface area contributed by atoms with E-state index in [0.717, 1.165) is 10.0 Å². The van der Waals surface area contributed by atoms with Gasteiger partial charge in [0.05, 0.1) is 13.0 Å². The Morgan fingerprint density at radius 3 is 2.94 bits per heavy atom. The van der Waals surface area contributed by atoms with Crippen molar-refractivity contribution in [3.63, 3.8) is 0 Å². The summed E-state index contributed by atoms with van der Waals surface area (Å²) in [4.78, 5) is 11.6. The van der Waals surface area contributed by atoms with Gasteiger partial charge in [0.1, 0.15) is 0 Å². The molecule has 0 aliphatic heterocycles. The van der Waals surface area contributed by atoms with Gasteiger partial charge in [0.2, 0.25) is 5.91 Å². The lowest BCUT2D eigenvalue weighted by Gasteiger charge is -2.11. The fourth-order valence-corrected chi connectivity index (χ4v) is 1.80. The second-order valence-electron chi connectivity index (χ2n) is 3.56. The summed E-state index contributed by atoms with van der Waals surface area (Å²) in [7, 11) is 0. The topological polar surface area (TPSA) is 49.3 Å². The largest absolute Gasteiger partial charge is 0.394 e. The highest BCUT2D eigenvalue weighted by Crippen LogP contribution is 2.21. The van der Waals surface area contributed by atoms with Crippen molar-refractivity contribution in [3.8, 4) is 0 Å². The van der Waals surface area contributed by atoms with Gasteiger partial charge in [-0.05, 0) is 30.7 Å². The van der Waals surface area contributed by atoms with E-state index < -0.39 is 0 Å². The van der Waals surface area contributed by atoms with E-state index in [1.165, 1.54) is 0 Å². The highest BCUT2D eigenvalue weighted by Gasteiger charge is 2.09. The maximum atomic E-state index is 11.6. The normalized spacial score (nSPS) is 12.2. The minimum absolute atomic E-state index is 0.0670. The van der Waals surface area contributed by atoms with Crippen LogP contribution in [0.3, 0.4) is 0 Å². The number of nitrogens with one attached hydrogen (secondary N) is 1. The zero-order chi connectivity index (χ0) is 12.1. The van der Waals surface area contributed by atoms with E-state index in [0.29, 0.717) is 5.02 Å². The van der Waals surface area contributed by atoms with Crippen LogP contribution in [0.2, 0.25) is 5.02 Å². The Hall–Kier alpha value is -0.580. The third kappa shape index (κ3) is 4.12. The van der Waals surface area contributed by atoms with E-state index in [4.69, 9.17) is 16.7 Å². The van der Waals surface area contributed by atoms with Crippen molar-refractivity contribution in [1.82, 2.24) is 5.32 Å². The Bertz CT molecular complexity index is 384. The first-order chi connectivity index (χ1) is 7.52. The lowest BCUT2D eigenvalue weighted by Crippen LogP contribution is -2.36. The van der Waals surface area contributed by atoms with Gasteiger partial charge >= 0.3 is 0 Å². The predicted molar refractivity (Wildman–Crippen MR) is 67.5 cm³/mol. The Labute approximate surface area is 108 Å². The third-order valence-electron chi connectivity index (χ3n) is 2.04. The molecule has 5 heteroatoms. The molecule has 1 aromatic carbocycles. The molecule has 1 rings (SSSR count). The molecular formula is C11H13BrClNO2. The first-order valence-corrected chi connectivity index (χ1v) is 6.04. The molecule has 3 nitrogen and oxygen atoms in total. The molecule has 1 unspecified atom stereocenters. The molecule has 1 amide bonds. The summed E-state index contributed by atoms with van der Waals surface area (Å²) in [6.07, 6.45) is 0.242. The molecule has 0 heterocycles. The van der Waals surface area contributed by atoms with Gasteiger partial charge in [-0.15, -0.1) is 0 Å². The van der Waals surface area contributed by atoms with Gasteiger partial charge in [-0.25, -0.2) is 0 Å². The maximum absolute atomic E-state index is 11.6. The van der Waals surface area contributed by atoms with Gasteiger partial charge in [-0.2, -0.15) is 0 Å². The number of carbonyl (C=O) groups excluding carboxylic acids is 1. The molecule has 0 saturated carbocycles. The molecule has 2 N–H and O–H groups in total. The summed E-state index contributed by atoms with van der Waals surface area (Å²) < 4.78 is 0.851. The minimum Gasteiger partial charge on any atom is -0.394 e. The van der Waals surface area contributed by atoms with Crippen LogP contribution in [0.15, 0.2) is 22.7 Å². The van der Waals surface area contributed by atoms with E-state index in [1.54, 1.807) is 25.1 Å². The Morgan fingerprint density at radius 1 is 1.62 bits per heavy atom. The van der Waals surface area contributed by atoms with Crippen molar-refractivity contribution in [2.75, 3.05) is 6.61 Å². The number of aliphatic hydroxyl groups is 1. The molecule has 1 atom stereocenters. The summed E-state index contributed by atoms with van der Waals surface area (Å²) in [6, 6.07) is 5.07. The quantitative estimate of drug-likeness (QED) is 0.895. The number of carbonyl (C=O) groups is 1. The number of rotatable bonds is 4. The van der Waals surface area contributed by atoms with Crippen LogP contribution in [-0.2, 0) is 11.2 Å². The third-order valence-corrected chi connectivity index (χ3v) is 3.05. The van der Waals surface area contributed by atoms with Crippen molar-refractivity contribution in [2.45, 2.75) is 19.4 Å². The average Bonchev–Trinajstić information content (AvgIpc) is 2.23. The molecule has 0 fully saturated rings. The number of benzene rings is 1. The van der Waals surface area contributed by atoms with Crippen LogP contribution >= 0.6 is 27.5 Å². The van der Waals surface area contributed by atoms with Gasteiger partial charge in [0.25, 0.3) is 0 Å². The molecule has 1 aromatic rings. The summed E-state index contributed by atoms with van der Waals surface area (Å²) >= 11 is 9.19. The van der Waals surface area contributed by atoms with Crippen molar-refractivity contribution >= 4 is 33.4 Å². The number of hydrogen-bond donors (Lipinski definition) is 2. The summed E-state index contributed by atoms with van der Waals surface area (Å²) in [6.45, 7) is 1.67. The highest BCUT2D eigenvalue weighted by atomic mass is 79.9. The monoisotopic (exact) mass is 305 g/mol. The number of halogens is 2. The van der Waals surface area contributed by atoms with Gasteiger partial charge < -0.3 is 10.4 Å². The molecule has 0 aliphatic rings. The molecule has 0 aromatic heterocycles. The van der Waals surface area contributed by atoms with Crippen LogP contribution in [0.25, 0.3) is 0 Å². The van der Waals surface area contributed by atoms with Crippen LogP contribution in [0.4, 0.5) is 0 Å². The molecular weight excluding hydrogens is 293 g/mol. The van der Waals surface area contributed by atoms with E-state index >= 15 is 0 Å². The van der Waals surface area contributed by atoms with E-state index in [9.17, 15) is 4.79 Å². The van der Waals surface area contributed by atoms with Crippen LogP contribution in [0.5, 0.6) is 0 Å². The molecule has 88 valence electrons. The number of amides is 1. The van der Waals surface area contributed by atoms with Gasteiger partial charge in [-0.3, -0.25) is 4.79 Å². The standard InChI is InChI=1S/C11H13BrClNO2/c1-7(6-15)14-11(16)5-8-4-9(13)2-3-10(8)12/h2-4,7,15H,5-6H2,1H3,(H,14,16). The second-order valence-corrected chi connectivity index (χ2v) is 4.85. The summed E-state index contributed by atoms with van der Waals surface area (Å²) in [5, 5.41) is 12.1. The number of aliphatic hydroxyl groups excluding tert-OH is 1. The lowest BCUT2D eigenvalue weighted by atomic mass is 10.1. The highest BCUT2D eigenvalue weighted by molar-refractivity contribution is 9.10. The van der Waals surface area contributed by atoms with Gasteiger partial charge in [0.15, 0.2) is 0 Å². The molecule has 0 bridgehead atoms. The van der Waals surface area contributed by atoms with Gasteiger partial charge in [0, 0.05) is 15.5 Å². The fraction of sp³-hybridized carbons (Fsp3) is 0.364. The second kappa shape index (κ2) is 6.23. The SMILES string of the molecule is CC(CO)NC(=O)Cc1cc(Cl)ccc1Br. The van der Waals surface area contributed by atoms with Crippen LogP contribution in [-0.4, -0.2) is 23.7 Å². The Morgan fingerprint density at radius 2 is 2.31 bits per heavy atom. The summed E-state index contributed by atoms with van der Waals surface area (Å²) in [5.74, 6) is -0.135. The lowest BCUT2D eigenvalue weighted by molar-refractivity contribution is -0.121. The number of hydrogen-bond acceptors (Lipinski definition) is 2. The van der Waals surface area contributed by atoms with E-state index in [2.05, 4.69) is 21.2 Å². The molecule has 16 heavy (non-hydrogen) atoms. The molecule has 0 radical (unpaired) electrons. The van der Waals surface area contributed by atoms with Crippen molar-refractivity contribution < 1.29 is 9.90 Å². The first-order valence-electron chi connectivity index (χ1n) is 4.87. The smallest absolute Gasteiger partial charge is 0.224 e. The van der Waals surface area contributed by atoms with E-state index in [-0.39, 0.29) is 25.0 Å². The fourth-order valence-electron chi connectivity index (χ4n) is 1.22. The average molecular weight is 307 g/mol. The Balaban J connectivity index is 2.65.